The number of hydrogen-bond donors (Lipinski definition) is 7. The van der Waals surface area contributed by atoms with E-state index in [0.29, 0.717) is 70.6 Å². The quantitative estimate of drug-likeness (QED) is 0.0212. The molecule has 144 heavy (non-hydrogen) atoms. The Kier molecular flexibility index (Phi) is 33.9. The summed E-state index contributed by atoms with van der Waals surface area (Å²) in [7, 11) is 12.6. The number of ether oxygens (including phenoxy) is 9. The van der Waals surface area contributed by atoms with Crippen LogP contribution in [0.25, 0.3) is 68.9 Å². The van der Waals surface area contributed by atoms with Crippen molar-refractivity contribution in [3.05, 3.63) is 335 Å². The molecule has 3 aromatic heterocycles. The summed E-state index contributed by atoms with van der Waals surface area (Å²) in [6.07, 6.45) is 21.9. The molecule has 28 nitrogen and oxygen atoms in total. The van der Waals surface area contributed by atoms with Crippen molar-refractivity contribution < 1.29 is 103 Å². The van der Waals surface area contributed by atoms with E-state index in [2.05, 4.69) is 32.0 Å². The molecule has 5 aliphatic rings. The summed E-state index contributed by atoms with van der Waals surface area (Å²) in [5, 5.41) is 34.2. The van der Waals surface area contributed by atoms with Crippen molar-refractivity contribution in [1.29, 1.82) is 0 Å². The minimum Gasteiger partial charge on any atom is -0.502 e. The van der Waals surface area contributed by atoms with Gasteiger partial charge in [-0.05, 0) is 343 Å². The third-order valence-electron chi connectivity index (χ3n) is 25.1. The monoisotopic (exact) mass is 1980 g/mol. The normalized spacial score (nSPS) is 14.1. The summed E-state index contributed by atoms with van der Waals surface area (Å²) in [5.41, 5.74) is 29.0. The highest BCUT2D eigenvalue weighted by molar-refractivity contribution is 7.89. The minimum atomic E-state index is -4.11. The van der Waals surface area contributed by atoms with E-state index in [9.17, 15) is 55.8 Å². The lowest BCUT2D eigenvalue weighted by molar-refractivity contribution is -0.129. The Morgan fingerprint density at radius 3 is 1.24 bits per heavy atom. The van der Waals surface area contributed by atoms with Gasteiger partial charge in [0.05, 0.1) is 115 Å². The van der Waals surface area contributed by atoms with E-state index >= 15 is 0 Å². The van der Waals surface area contributed by atoms with E-state index in [1.807, 2.05) is 120 Å². The molecule has 0 saturated heterocycles. The van der Waals surface area contributed by atoms with Crippen molar-refractivity contribution >= 4 is 114 Å². The van der Waals surface area contributed by atoms with Crippen LogP contribution in [0.5, 0.6) is 63.2 Å². The Hall–Kier alpha value is -16.6. The summed E-state index contributed by atoms with van der Waals surface area (Å²) in [5.74, 6) is 1.75. The molecule has 9 N–H and O–H groups in total. The zero-order valence-electron chi connectivity index (χ0n) is 82.5. The number of aromatic nitrogens is 2. The van der Waals surface area contributed by atoms with Gasteiger partial charge in [0, 0.05) is 45.8 Å². The van der Waals surface area contributed by atoms with Gasteiger partial charge < -0.3 is 88.7 Å². The molecular formula is C112H112F3N9O19S. The Balaban J connectivity index is 0.000000161. The van der Waals surface area contributed by atoms with Gasteiger partial charge in [0.2, 0.25) is 45.2 Å². The summed E-state index contributed by atoms with van der Waals surface area (Å²) < 4.78 is 120. The van der Waals surface area contributed by atoms with Crippen LogP contribution in [0.1, 0.15) is 149 Å². The molecule has 11 aromatic rings. The number of nitrogens with two attached hydrogens (primary N) is 2. The Labute approximate surface area is 833 Å². The number of carbonyl (C=O) groups excluding carboxylic acids is 5. The number of nitrogens with zero attached hydrogens (tertiary/aromatic N) is 4. The molecule has 0 atom stereocenters. The van der Waals surface area contributed by atoms with Gasteiger partial charge in [0.15, 0.2) is 27.9 Å². The molecule has 0 bridgehead atoms. The number of likely N-dealkylation sites (N-methyl/N-ethyl adjacent to an activating group) is 1. The molecule has 3 heterocycles. The van der Waals surface area contributed by atoms with E-state index < -0.39 is 21.9 Å². The first-order valence-corrected chi connectivity index (χ1v) is 47.0. The first kappa shape index (κ1) is 105. The summed E-state index contributed by atoms with van der Waals surface area (Å²) in [4.78, 5) is 74.8. The predicted octanol–water partition coefficient (Wildman–Crippen LogP) is 20.0. The highest BCUT2D eigenvalue weighted by Crippen LogP contribution is 2.52. The van der Waals surface area contributed by atoms with Crippen molar-refractivity contribution in [2.45, 2.75) is 91.3 Å². The van der Waals surface area contributed by atoms with Gasteiger partial charge in [0.1, 0.15) is 57.6 Å². The topological polar surface area (TPSA) is 377 Å². The minimum absolute atomic E-state index is 0.0151. The number of furan rings is 1. The van der Waals surface area contributed by atoms with Crippen LogP contribution in [0.2, 0.25) is 0 Å². The number of pyridine rings is 2. The second kappa shape index (κ2) is 46.7. The van der Waals surface area contributed by atoms with Crippen LogP contribution in [0.3, 0.4) is 0 Å². The number of aryl methyl sites for hydroxylation is 1. The van der Waals surface area contributed by atoms with Crippen LogP contribution in [0.15, 0.2) is 238 Å². The number of methoxy groups -OCH3 is 9. The number of urea groups is 1. The number of phenolic OH excluding ortho intramolecular Hbond substituents is 2. The Morgan fingerprint density at radius 1 is 0.465 bits per heavy atom. The number of nitrogens with one attached hydrogen (secondary N) is 3. The number of allylic oxidation sites excluding steroid dienone is 11. The number of primary amides is 1. The SMILES string of the molecule is COc1cc(/C=C2/C(C)=C(CC(=O)N(C)CC3=CC=CC3)c3cc(F)ccc32)cc(OC)c1O.COc1cc(/C=C2/C(C)=C(CC(=O)NCc3ccccn3)c3cc(F)ccc32)cc(OC)c1S(N)(=O)=O.COc1cc(/C=C2/C(C)=C(CC(=O)NCc3cnccc3C)c3cc(F)ccc32)cc(OC)c1NC(N)=O.COc1ccc2c(c1)C(CC(=O)N(C)Cc1ccco1)=C(C)/C2=C/c1cc(OC)c(O)c(OC)c1. The molecule has 8 aromatic carbocycles. The number of aromatic hydroxyl groups is 2. The van der Waals surface area contributed by atoms with Crippen LogP contribution in [0, 0.1) is 24.4 Å². The van der Waals surface area contributed by atoms with E-state index in [1.54, 1.807) is 117 Å². The number of hydrogen-bond acceptors (Lipinski definition) is 21. The third-order valence-corrected chi connectivity index (χ3v) is 26.1. The molecule has 0 saturated carbocycles. The number of phenols is 2. The van der Waals surface area contributed by atoms with Crippen LogP contribution in [0.4, 0.5) is 23.7 Å². The maximum Gasteiger partial charge on any atom is 0.316 e. The number of amides is 6. The summed E-state index contributed by atoms with van der Waals surface area (Å²) in [6, 6.07) is 43.2. The highest BCUT2D eigenvalue weighted by atomic mass is 32.2. The summed E-state index contributed by atoms with van der Waals surface area (Å²) in [6.45, 7) is 11.3. The van der Waals surface area contributed by atoms with Crippen molar-refractivity contribution in [3.8, 4) is 63.2 Å². The largest absolute Gasteiger partial charge is 0.502 e. The third kappa shape index (κ3) is 24.3. The van der Waals surface area contributed by atoms with Crippen molar-refractivity contribution in [2.24, 2.45) is 10.9 Å². The highest BCUT2D eigenvalue weighted by Gasteiger charge is 2.34. The molecule has 5 aliphatic carbocycles. The number of carbonyl (C=O) groups is 5. The van der Waals surface area contributed by atoms with Gasteiger partial charge in [0.25, 0.3) is 0 Å². The fourth-order valence-corrected chi connectivity index (χ4v) is 18.4. The molecule has 0 radical (unpaired) electrons. The van der Waals surface area contributed by atoms with Gasteiger partial charge in [-0.2, -0.15) is 0 Å². The number of anilines is 1. The van der Waals surface area contributed by atoms with E-state index in [0.717, 1.165) is 146 Å². The first-order chi connectivity index (χ1) is 69.0. The van der Waals surface area contributed by atoms with Crippen molar-refractivity contribution in [2.75, 3.05) is 89.9 Å². The van der Waals surface area contributed by atoms with Crippen LogP contribution in [-0.2, 0) is 48.8 Å². The second-order valence-electron chi connectivity index (χ2n) is 34.2. The number of sulfonamides is 1. The standard InChI is InChI=1S/C29H29FN4O4.C28H28FNO4.C28H29NO6.C27H26FN3O5S/c1-16-7-8-32-14-19(16)15-33-27(35)13-23-17(2)22(21-6-5-20(30)12-24(21)23)9-18-10-25(37-3)28(34-29(31)36)26(11-18)38-4;1-17-22(11-19-12-25(33-3)28(32)26(13-19)34-4)21-10-9-20(29)14-24(21)23(17)15-27(31)30(2)16-18-7-5-6-8-18;1-17-22(11-18-12-25(33-4)28(31)26(13-18)34-5)21-9-8-19(32-3)14-24(21)23(17)15-27(30)29(2)16-20-7-6-10-35-20;1-16-21(10-17-11-24(35-2)27(37(29,33)34)25(12-17)36-3)20-8-7-18(28)13-23(20)22(16)14-26(32)31-15-19-6-4-5-9-30-19/h5-12,14H,13,15H2,1-4H3,(H,33,35)(H3,31,34,36);5-7,9-14,32H,8,15-16H2,1-4H3;6-14,31H,15-16H2,1-5H3;4-13H,14-15H2,1-3H3,(H,31,32)(H2,29,33,34)/b22-9-;2*22-11-;21-10-. The second-order valence-corrected chi connectivity index (χ2v) is 35.7. The van der Waals surface area contributed by atoms with Crippen LogP contribution >= 0.6 is 0 Å². The Morgan fingerprint density at radius 2 is 0.868 bits per heavy atom. The van der Waals surface area contributed by atoms with Crippen LogP contribution < -0.4 is 69.5 Å². The number of rotatable bonds is 31. The van der Waals surface area contributed by atoms with Gasteiger partial charge in [-0.3, -0.25) is 29.1 Å². The molecule has 0 unspecified atom stereocenters. The fourth-order valence-electron chi connectivity index (χ4n) is 17.6. The number of halogens is 3. The zero-order chi connectivity index (χ0) is 104. The zero-order valence-corrected chi connectivity index (χ0v) is 83.4. The van der Waals surface area contributed by atoms with Gasteiger partial charge in [-0.15, -0.1) is 0 Å². The molecule has 0 aliphatic heterocycles. The molecular weight excluding hydrogens is 1860 g/mol. The van der Waals surface area contributed by atoms with E-state index in [4.69, 9.17) is 57.9 Å². The molecule has 0 spiro atoms. The van der Waals surface area contributed by atoms with Crippen molar-refractivity contribution in [3.63, 3.8) is 0 Å². The molecule has 0 fully saturated rings. The summed E-state index contributed by atoms with van der Waals surface area (Å²) >= 11 is 0. The molecule has 16 rings (SSSR count). The number of fused-ring (bicyclic) bond motifs is 4. The Bertz CT molecular complexity index is 7200. The fraction of sp³-hybridized carbons (Fsp3) is 0.223. The van der Waals surface area contributed by atoms with Crippen LogP contribution in [-0.4, -0.2) is 153 Å². The number of benzene rings is 8. The van der Waals surface area contributed by atoms with Gasteiger partial charge in [-0.25, -0.2) is 31.5 Å². The van der Waals surface area contributed by atoms with Gasteiger partial charge in [-0.1, -0.05) is 48.6 Å². The van der Waals surface area contributed by atoms with E-state index in [1.165, 1.54) is 111 Å². The van der Waals surface area contributed by atoms with Gasteiger partial charge >= 0.3 is 6.03 Å². The maximum absolute atomic E-state index is 14.3. The van der Waals surface area contributed by atoms with E-state index in [-0.39, 0.29) is 107 Å². The lowest BCUT2D eigenvalue weighted by Gasteiger charge is -2.19. The maximum atomic E-state index is 14.3. The average Bonchev–Trinajstić information content (AvgIpc) is 1.61. The number of primary sulfonamides is 1. The molecule has 746 valence electrons. The molecule has 32 heteroatoms. The average molecular weight is 1980 g/mol. The molecule has 6 amide bonds. The smallest absolute Gasteiger partial charge is 0.316 e. The lowest BCUT2D eigenvalue weighted by Crippen LogP contribution is -2.28. The predicted molar refractivity (Wildman–Crippen MR) is 550 cm³/mol. The first-order valence-electron chi connectivity index (χ1n) is 45.5. The lowest BCUT2D eigenvalue weighted by atomic mass is 10.00. The van der Waals surface area contributed by atoms with Crippen molar-refractivity contribution in [1.82, 2.24) is 30.4 Å².